The molecule has 4 N–H and O–H groups in total. The maximum Gasteiger partial charge on any atom is 0.152 e. The topological polar surface area (TPSA) is 102 Å². The van der Waals surface area contributed by atoms with Crippen LogP contribution >= 0.6 is 0 Å². The average Bonchev–Trinajstić information content (AvgIpc) is 2.44. The Morgan fingerprint density at radius 1 is 1.18 bits per heavy atom. The molecule has 1 aliphatic rings. The highest BCUT2D eigenvalue weighted by atomic mass is 32.2. The molecule has 2 heterocycles. The highest BCUT2D eigenvalue weighted by Crippen LogP contribution is 2.19. The maximum atomic E-state index is 11.5. The lowest BCUT2D eigenvalue weighted by Gasteiger charge is -2.21. The molecule has 0 aliphatic carbocycles. The molecule has 7 heteroatoms. The molecule has 94 valence electrons. The fraction of sp³-hybridized carbons (Fsp3) is 0.500. The first-order chi connectivity index (χ1) is 7.98. The van der Waals surface area contributed by atoms with Gasteiger partial charge in [-0.2, -0.15) is 0 Å². The van der Waals surface area contributed by atoms with E-state index in [1.54, 1.807) is 12.1 Å². The minimum Gasteiger partial charge on any atom is -0.396 e. The van der Waals surface area contributed by atoms with Crippen LogP contribution in [0.2, 0.25) is 0 Å². The van der Waals surface area contributed by atoms with Crippen LogP contribution < -0.4 is 16.4 Å². The van der Waals surface area contributed by atoms with Crippen molar-refractivity contribution < 1.29 is 8.42 Å². The molecule has 0 saturated carbocycles. The van der Waals surface area contributed by atoms with Crippen molar-refractivity contribution in [3.63, 3.8) is 0 Å². The van der Waals surface area contributed by atoms with E-state index in [1.165, 1.54) is 0 Å². The third-order valence-electron chi connectivity index (χ3n) is 2.82. The predicted molar refractivity (Wildman–Crippen MR) is 68.5 cm³/mol. The first-order valence-corrected chi connectivity index (χ1v) is 7.27. The standard InChI is InChI=1S/C10H16N4O2S/c11-8-2-3-9(13-10(8)12)14-4-1-6-17(15,16)7-5-14/h2-3H,1,4-7,11H2,(H2,12,13). The van der Waals surface area contributed by atoms with Gasteiger partial charge in [0.2, 0.25) is 0 Å². The zero-order chi connectivity index (χ0) is 12.5. The smallest absolute Gasteiger partial charge is 0.152 e. The molecule has 1 saturated heterocycles. The highest BCUT2D eigenvalue weighted by molar-refractivity contribution is 7.91. The van der Waals surface area contributed by atoms with Crippen LogP contribution in [0.1, 0.15) is 6.42 Å². The largest absolute Gasteiger partial charge is 0.396 e. The second-order valence-corrected chi connectivity index (χ2v) is 6.44. The Morgan fingerprint density at radius 3 is 2.65 bits per heavy atom. The van der Waals surface area contributed by atoms with E-state index in [1.807, 2.05) is 4.90 Å². The SMILES string of the molecule is Nc1ccc(N2CCCS(=O)(=O)CC2)nc1N. The van der Waals surface area contributed by atoms with Crippen LogP contribution in [-0.4, -0.2) is 38.0 Å². The Kier molecular flexibility index (Phi) is 3.10. The van der Waals surface area contributed by atoms with Gasteiger partial charge in [0, 0.05) is 13.1 Å². The lowest BCUT2D eigenvalue weighted by atomic mass is 10.3. The summed E-state index contributed by atoms with van der Waals surface area (Å²) in [5.41, 5.74) is 11.7. The molecule has 0 amide bonds. The number of nitrogens with two attached hydrogens (primary N) is 2. The van der Waals surface area contributed by atoms with Gasteiger partial charge in [-0.1, -0.05) is 0 Å². The molecule has 1 aliphatic heterocycles. The van der Waals surface area contributed by atoms with Crippen molar-refractivity contribution in [3.8, 4) is 0 Å². The summed E-state index contributed by atoms with van der Waals surface area (Å²) in [6, 6.07) is 3.46. The van der Waals surface area contributed by atoms with Gasteiger partial charge in [-0.05, 0) is 18.6 Å². The lowest BCUT2D eigenvalue weighted by Crippen LogP contribution is -2.27. The normalized spacial score (nSPS) is 19.9. The Hall–Kier alpha value is -1.50. The lowest BCUT2D eigenvalue weighted by molar-refractivity contribution is 0.597. The minimum absolute atomic E-state index is 0.166. The van der Waals surface area contributed by atoms with Gasteiger partial charge in [0.05, 0.1) is 17.2 Å². The van der Waals surface area contributed by atoms with Crippen molar-refractivity contribution in [1.82, 2.24) is 4.98 Å². The Labute approximate surface area is 101 Å². The van der Waals surface area contributed by atoms with E-state index < -0.39 is 9.84 Å². The Bertz CT molecular complexity index is 515. The van der Waals surface area contributed by atoms with E-state index in [2.05, 4.69) is 4.98 Å². The summed E-state index contributed by atoms with van der Waals surface area (Å²) in [5.74, 6) is 1.39. The summed E-state index contributed by atoms with van der Waals surface area (Å²) in [6.07, 6.45) is 0.619. The van der Waals surface area contributed by atoms with Crippen molar-refractivity contribution in [1.29, 1.82) is 0 Å². The van der Waals surface area contributed by atoms with Crippen LogP contribution in [0.5, 0.6) is 0 Å². The third-order valence-corrected chi connectivity index (χ3v) is 4.54. The van der Waals surface area contributed by atoms with E-state index in [4.69, 9.17) is 11.5 Å². The van der Waals surface area contributed by atoms with Crippen LogP contribution in [-0.2, 0) is 9.84 Å². The van der Waals surface area contributed by atoms with Crippen molar-refractivity contribution in [2.75, 3.05) is 41.0 Å². The van der Waals surface area contributed by atoms with E-state index >= 15 is 0 Å². The number of pyridine rings is 1. The number of rotatable bonds is 1. The third kappa shape index (κ3) is 2.79. The predicted octanol–water partition coefficient (Wildman–Crippen LogP) is -0.129. The van der Waals surface area contributed by atoms with Crippen molar-refractivity contribution in [2.45, 2.75) is 6.42 Å². The molecule has 0 atom stereocenters. The zero-order valence-electron chi connectivity index (χ0n) is 9.46. The number of hydrogen-bond acceptors (Lipinski definition) is 6. The number of aromatic nitrogens is 1. The van der Waals surface area contributed by atoms with Gasteiger partial charge >= 0.3 is 0 Å². The number of nitrogen functional groups attached to an aromatic ring is 2. The molecule has 1 aromatic heterocycles. The van der Waals surface area contributed by atoms with Gasteiger partial charge in [0.15, 0.2) is 9.84 Å². The second kappa shape index (κ2) is 4.40. The van der Waals surface area contributed by atoms with E-state index in [9.17, 15) is 8.42 Å². The number of anilines is 3. The number of nitrogens with zero attached hydrogens (tertiary/aromatic N) is 2. The highest BCUT2D eigenvalue weighted by Gasteiger charge is 2.20. The molecule has 0 spiro atoms. The van der Waals surface area contributed by atoms with Gasteiger partial charge < -0.3 is 16.4 Å². The summed E-state index contributed by atoms with van der Waals surface area (Å²) in [5, 5.41) is 0. The first-order valence-electron chi connectivity index (χ1n) is 5.45. The zero-order valence-corrected chi connectivity index (χ0v) is 10.3. The van der Waals surface area contributed by atoms with Crippen LogP contribution in [0.4, 0.5) is 17.3 Å². The molecule has 17 heavy (non-hydrogen) atoms. The molecule has 2 rings (SSSR count). The molecule has 0 bridgehead atoms. The summed E-state index contributed by atoms with van der Waals surface area (Å²) in [6.45, 7) is 1.13. The summed E-state index contributed by atoms with van der Waals surface area (Å²) < 4.78 is 23.0. The quantitative estimate of drug-likeness (QED) is 0.725. The molecule has 1 aromatic rings. The molecular weight excluding hydrogens is 240 g/mol. The number of sulfone groups is 1. The van der Waals surface area contributed by atoms with Crippen molar-refractivity contribution in [2.24, 2.45) is 0 Å². The average molecular weight is 256 g/mol. The Balaban J connectivity index is 2.20. The van der Waals surface area contributed by atoms with Crippen LogP contribution in [0.3, 0.4) is 0 Å². The van der Waals surface area contributed by atoms with E-state index in [0.29, 0.717) is 31.0 Å². The maximum absolute atomic E-state index is 11.5. The molecule has 1 fully saturated rings. The fourth-order valence-corrected chi connectivity index (χ4v) is 3.09. The Morgan fingerprint density at radius 2 is 1.94 bits per heavy atom. The first kappa shape index (κ1) is 12.0. The number of hydrogen-bond donors (Lipinski definition) is 2. The van der Waals surface area contributed by atoms with Crippen LogP contribution in [0, 0.1) is 0 Å². The molecule has 0 radical (unpaired) electrons. The monoisotopic (exact) mass is 256 g/mol. The minimum atomic E-state index is -2.90. The van der Waals surface area contributed by atoms with E-state index in [-0.39, 0.29) is 17.3 Å². The van der Waals surface area contributed by atoms with Crippen molar-refractivity contribution in [3.05, 3.63) is 12.1 Å². The van der Waals surface area contributed by atoms with E-state index in [0.717, 1.165) is 0 Å². The van der Waals surface area contributed by atoms with Gasteiger partial charge in [0.1, 0.15) is 11.6 Å². The second-order valence-electron chi connectivity index (χ2n) is 4.14. The van der Waals surface area contributed by atoms with Crippen LogP contribution in [0.15, 0.2) is 12.1 Å². The summed E-state index contributed by atoms with van der Waals surface area (Å²) in [4.78, 5) is 6.10. The van der Waals surface area contributed by atoms with Gasteiger partial charge in [-0.3, -0.25) is 0 Å². The molecule has 6 nitrogen and oxygen atoms in total. The summed E-state index contributed by atoms with van der Waals surface area (Å²) >= 11 is 0. The summed E-state index contributed by atoms with van der Waals surface area (Å²) in [7, 11) is -2.90. The van der Waals surface area contributed by atoms with Crippen molar-refractivity contribution >= 4 is 27.2 Å². The fourth-order valence-electron chi connectivity index (χ4n) is 1.82. The van der Waals surface area contributed by atoms with Gasteiger partial charge in [0.25, 0.3) is 0 Å². The molecular formula is C10H16N4O2S. The molecule has 0 unspecified atom stereocenters. The molecule has 0 aromatic carbocycles. The van der Waals surface area contributed by atoms with Crippen LogP contribution in [0.25, 0.3) is 0 Å². The van der Waals surface area contributed by atoms with Gasteiger partial charge in [-0.25, -0.2) is 13.4 Å². The van der Waals surface area contributed by atoms with Gasteiger partial charge in [-0.15, -0.1) is 0 Å².